The monoisotopic (exact) mass is 320 g/mol. The maximum absolute atomic E-state index is 11.3. The lowest BCUT2D eigenvalue weighted by molar-refractivity contribution is -0.389. The molecule has 3 aromatic rings. The van der Waals surface area contributed by atoms with Crippen LogP contribution in [0.25, 0.3) is 4.96 Å². The van der Waals surface area contributed by atoms with Crippen molar-refractivity contribution in [1.29, 1.82) is 0 Å². The van der Waals surface area contributed by atoms with E-state index in [9.17, 15) is 10.1 Å². The summed E-state index contributed by atoms with van der Waals surface area (Å²) < 4.78 is 11.8. The molecule has 8 nitrogen and oxygen atoms in total. The Balaban J connectivity index is 2.04. The molecule has 0 aliphatic rings. The smallest absolute Gasteiger partial charge is 0.373 e. The van der Waals surface area contributed by atoms with Crippen LogP contribution in [0.2, 0.25) is 0 Å². The summed E-state index contributed by atoms with van der Waals surface area (Å²) in [5.74, 6) is 1.21. The lowest BCUT2D eigenvalue weighted by atomic mass is 10.2. The summed E-state index contributed by atoms with van der Waals surface area (Å²) in [6, 6.07) is 5.13. The number of thiazole rings is 1. The fraction of sp³-hybridized carbons (Fsp3) is 0.154. The summed E-state index contributed by atoms with van der Waals surface area (Å²) in [5.41, 5.74) is 0.588. The third-order valence-corrected chi connectivity index (χ3v) is 3.78. The fourth-order valence-electron chi connectivity index (χ4n) is 2.05. The van der Waals surface area contributed by atoms with Gasteiger partial charge in [0.1, 0.15) is 17.7 Å². The van der Waals surface area contributed by atoms with E-state index in [0.29, 0.717) is 22.1 Å². The van der Waals surface area contributed by atoms with Crippen molar-refractivity contribution in [2.75, 3.05) is 19.5 Å². The van der Waals surface area contributed by atoms with Gasteiger partial charge >= 0.3 is 5.82 Å². The van der Waals surface area contributed by atoms with E-state index >= 15 is 0 Å². The Labute approximate surface area is 129 Å². The minimum Gasteiger partial charge on any atom is -0.497 e. The molecular formula is C13H12N4O4S. The molecule has 0 amide bonds. The third kappa shape index (κ3) is 2.42. The van der Waals surface area contributed by atoms with Gasteiger partial charge in [0.05, 0.1) is 14.2 Å². The highest BCUT2D eigenvalue weighted by Crippen LogP contribution is 2.33. The van der Waals surface area contributed by atoms with Gasteiger partial charge in [0.2, 0.25) is 5.82 Å². The molecule has 0 aliphatic heterocycles. The minimum absolute atomic E-state index is 0.113. The number of nitrogens with one attached hydrogen (secondary N) is 1. The summed E-state index contributed by atoms with van der Waals surface area (Å²) in [4.78, 5) is 15.6. The van der Waals surface area contributed by atoms with Crippen LogP contribution >= 0.6 is 11.3 Å². The first-order valence-electron chi connectivity index (χ1n) is 6.22. The first kappa shape index (κ1) is 14.1. The SMILES string of the molecule is COc1cc(Nc2nc3sccn3c2[N+](=O)[O-])cc(OC)c1. The van der Waals surface area contributed by atoms with Crippen LogP contribution in [0.15, 0.2) is 29.8 Å². The highest BCUT2D eigenvalue weighted by atomic mass is 32.1. The molecule has 0 fully saturated rings. The second kappa shape index (κ2) is 5.53. The molecule has 0 unspecified atom stereocenters. The Kier molecular flexibility index (Phi) is 3.55. The molecule has 0 saturated carbocycles. The Bertz CT molecular complexity index is 820. The summed E-state index contributed by atoms with van der Waals surface area (Å²) in [6.07, 6.45) is 1.61. The molecule has 0 aliphatic carbocycles. The third-order valence-electron chi connectivity index (χ3n) is 3.02. The molecule has 0 radical (unpaired) electrons. The Morgan fingerprint density at radius 3 is 2.55 bits per heavy atom. The van der Waals surface area contributed by atoms with Gasteiger partial charge in [-0.3, -0.25) is 0 Å². The van der Waals surface area contributed by atoms with Crippen molar-refractivity contribution in [2.45, 2.75) is 0 Å². The number of imidazole rings is 1. The van der Waals surface area contributed by atoms with Gasteiger partial charge in [0.25, 0.3) is 4.96 Å². The van der Waals surface area contributed by atoms with Crippen molar-refractivity contribution in [3.05, 3.63) is 39.9 Å². The van der Waals surface area contributed by atoms with Crippen LogP contribution in [0.1, 0.15) is 0 Å². The normalized spacial score (nSPS) is 10.6. The highest BCUT2D eigenvalue weighted by Gasteiger charge is 2.23. The molecule has 1 N–H and O–H groups in total. The zero-order chi connectivity index (χ0) is 15.7. The van der Waals surface area contributed by atoms with Crippen LogP contribution < -0.4 is 14.8 Å². The predicted molar refractivity (Wildman–Crippen MR) is 82.6 cm³/mol. The lowest BCUT2D eigenvalue weighted by Gasteiger charge is -2.09. The molecule has 0 spiro atoms. The highest BCUT2D eigenvalue weighted by molar-refractivity contribution is 7.15. The Morgan fingerprint density at radius 1 is 1.27 bits per heavy atom. The average Bonchev–Trinajstić information content (AvgIpc) is 3.06. The number of benzene rings is 1. The van der Waals surface area contributed by atoms with Crippen molar-refractivity contribution >= 4 is 33.6 Å². The molecule has 22 heavy (non-hydrogen) atoms. The largest absolute Gasteiger partial charge is 0.497 e. The second-order valence-electron chi connectivity index (χ2n) is 4.32. The van der Waals surface area contributed by atoms with Gasteiger partial charge < -0.3 is 24.9 Å². The molecule has 3 rings (SSSR count). The number of anilines is 2. The predicted octanol–water partition coefficient (Wildman–Crippen LogP) is 3.06. The van der Waals surface area contributed by atoms with E-state index in [0.717, 1.165) is 0 Å². The molecule has 0 atom stereocenters. The van der Waals surface area contributed by atoms with Crippen LogP contribution in [-0.4, -0.2) is 28.5 Å². The van der Waals surface area contributed by atoms with Crippen molar-refractivity contribution in [3.63, 3.8) is 0 Å². The van der Waals surface area contributed by atoms with E-state index in [2.05, 4.69) is 10.3 Å². The van der Waals surface area contributed by atoms with Gasteiger partial charge in [-0.1, -0.05) is 11.3 Å². The van der Waals surface area contributed by atoms with Crippen molar-refractivity contribution in [3.8, 4) is 11.5 Å². The van der Waals surface area contributed by atoms with Gasteiger partial charge in [0, 0.05) is 29.3 Å². The fourth-order valence-corrected chi connectivity index (χ4v) is 2.76. The Hall–Kier alpha value is -2.81. The molecule has 2 heterocycles. The van der Waals surface area contributed by atoms with E-state index in [4.69, 9.17) is 9.47 Å². The van der Waals surface area contributed by atoms with Crippen LogP contribution in [0.5, 0.6) is 11.5 Å². The van der Waals surface area contributed by atoms with Crippen LogP contribution in [0.3, 0.4) is 0 Å². The summed E-state index contributed by atoms with van der Waals surface area (Å²) in [6.45, 7) is 0. The molecular weight excluding hydrogens is 308 g/mol. The summed E-state index contributed by atoms with van der Waals surface area (Å²) in [7, 11) is 3.07. The molecule has 0 bridgehead atoms. The number of methoxy groups -OCH3 is 2. The lowest BCUT2D eigenvalue weighted by Crippen LogP contribution is -1.99. The quantitative estimate of drug-likeness (QED) is 0.574. The number of nitro groups is 1. The number of rotatable bonds is 5. The van der Waals surface area contributed by atoms with E-state index in [1.54, 1.807) is 29.8 Å². The van der Waals surface area contributed by atoms with E-state index in [1.165, 1.54) is 30.0 Å². The summed E-state index contributed by atoms with van der Waals surface area (Å²) in [5, 5.41) is 16.0. The minimum atomic E-state index is -0.466. The molecule has 9 heteroatoms. The number of hydrogen-bond acceptors (Lipinski definition) is 7. The number of fused-ring (bicyclic) bond motifs is 1. The first-order chi connectivity index (χ1) is 10.6. The summed E-state index contributed by atoms with van der Waals surface area (Å²) >= 11 is 1.32. The van der Waals surface area contributed by atoms with E-state index in [1.807, 2.05) is 0 Å². The van der Waals surface area contributed by atoms with Gasteiger partial charge in [0.15, 0.2) is 0 Å². The maximum atomic E-state index is 11.3. The van der Waals surface area contributed by atoms with Gasteiger partial charge in [-0.15, -0.1) is 0 Å². The zero-order valence-electron chi connectivity index (χ0n) is 11.8. The molecule has 114 valence electrons. The second-order valence-corrected chi connectivity index (χ2v) is 5.20. The Morgan fingerprint density at radius 2 is 1.95 bits per heavy atom. The van der Waals surface area contributed by atoms with Crippen LogP contribution in [0, 0.1) is 10.1 Å². The van der Waals surface area contributed by atoms with Crippen LogP contribution in [-0.2, 0) is 0 Å². The number of nitrogens with zero attached hydrogens (tertiary/aromatic N) is 3. The van der Waals surface area contributed by atoms with Gasteiger partial charge in [-0.25, -0.2) is 0 Å². The van der Waals surface area contributed by atoms with Crippen molar-refractivity contribution in [2.24, 2.45) is 0 Å². The molecule has 1 aromatic carbocycles. The van der Waals surface area contributed by atoms with Gasteiger partial charge in [-0.05, 0) is 4.92 Å². The zero-order valence-corrected chi connectivity index (χ0v) is 12.6. The van der Waals surface area contributed by atoms with E-state index in [-0.39, 0.29) is 11.6 Å². The number of ether oxygens (including phenoxy) is 2. The number of hydrogen-bond donors (Lipinski definition) is 1. The topological polar surface area (TPSA) is 90.9 Å². The van der Waals surface area contributed by atoms with E-state index < -0.39 is 4.92 Å². The maximum Gasteiger partial charge on any atom is 0.373 e. The molecule has 2 aromatic heterocycles. The van der Waals surface area contributed by atoms with Crippen LogP contribution in [0.4, 0.5) is 17.3 Å². The molecule has 0 saturated heterocycles. The standard InChI is InChI=1S/C13H12N4O4S/c1-20-9-5-8(6-10(7-9)21-2)14-11-12(17(18)19)16-3-4-22-13(16)15-11/h3-7,14H,1-2H3. The average molecular weight is 320 g/mol. The number of aromatic nitrogens is 2. The van der Waals surface area contributed by atoms with Crippen molar-refractivity contribution in [1.82, 2.24) is 9.38 Å². The van der Waals surface area contributed by atoms with Gasteiger partial charge in [-0.2, -0.15) is 9.38 Å². The first-order valence-corrected chi connectivity index (χ1v) is 7.10. The van der Waals surface area contributed by atoms with Crippen molar-refractivity contribution < 1.29 is 14.4 Å².